The van der Waals surface area contributed by atoms with Crippen molar-refractivity contribution in [3.05, 3.63) is 41.9 Å². The minimum absolute atomic E-state index is 0.0901. The number of alkyl halides is 3. The van der Waals surface area contributed by atoms with Crippen molar-refractivity contribution in [3.8, 4) is 17.3 Å². The number of primary amides is 1. The van der Waals surface area contributed by atoms with Gasteiger partial charge in [-0.25, -0.2) is 24.4 Å². The van der Waals surface area contributed by atoms with E-state index in [4.69, 9.17) is 10.5 Å². The van der Waals surface area contributed by atoms with E-state index in [2.05, 4.69) is 30.6 Å². The Morgan fingerprint density at radius 2 is 1.87 bits per heavy atom. The average molecular weight is 426 g/mol. The average Bonchev–Trinajstić information content (AvgIpc) is 3.02. The quantitative estimate of drug-likeness (QED) is 0.471. The van der Waals surface area contributed by atoms with Gasteiger partial charge in [0, 0.05) is 19.4 Å². The predicted octanol–water partition coefficient (Wildman–Crippen LogP) is 1.53. The van der Waals surface area contributed by atoms with Gasteiger partial charge in [0.05, 0.1) is 16.9 Å². The Balaban J connectivity index is 1.81. The summed E-state index contributed by atoms with van der Waals surface area (Å²) in [5.41, 5.74) is 4.05. The van der Waals surface area contributed by atoms with Gasteiger partial charge in [0.15, 0.2) is 5.69 Å². The molecule has 3 heterocycles. The lowest BCUT2D eigenvalue weighted by Crippen LogP contribution is -2.18. The van der Waals surface area contributed by atoms with E-state index < -0.39 is 29.9 Å². The zero-order valence-electron chi connectivity index (χ0n) is 14.8. The number of amides is 2. The lowest BCUT2D eigenvalue weighted by atomic mass is 10.2. The second-order valence-corrected chi connectivity index (χ2v) is 5.57. The van der Waals surface area contributed by atoms with Gasteiger partial charge in [-0.1, -0.05) is 5.21 Å². The maximum Gasteiger partial charge on any atom is 0.451 e. The minimum Gasteiger partial charge on any atom is -0.389 e. The largest absolute Gasteiger partial charge is 0.451 e. The van der Waals surface area contributed by atoms with Crippen molar-refractivity contribution in [1.29, 1.82) is 0 Å². The number of nitrogens with one attached hydrogen (secondary N) is 1. The maximum absolute atomic E-state index is 14.3. The molecule has 0 saturated carbocycles. The van der Waals surface area contributed by atoms with Gasteiger partial charge in [-0.2, -0.15) is 17.6 Å². The first-order chi connectivity index (χ1) is 14.1. The molecule has 15 heteroatoms. The fourth-order valence-corrected chi connectivity index (χ4v) is 2.16. The monoisotopic (exact) mass is 426 g/mol. The Morgan fingerprint density at radius 1 is 1.20 bits per heavy atom. The highest BCUT2D eigenvalue weighted by atomic mass is 19.4. The first-order valence-corrected chi connectivity index (χ1v) is 7.80. The van der Waals surface area contributed by atoms with Crippen LogP contribution in [0.4, 0.5) is 28.0 Å². The second-order valence-electron chi connectivity index (χ2n) is 5.57. The highest BCUT2D eigenvalue weighted by Gasteiger charge is 2.34. The van der Waals surface area contributed by atoms with Gasteiger partial charge in [0.1, 0.15) is 0 Å². The molecule has 0 aliphatic rings. The van der Waals surface area contributed by atoms with Crippen LogP contribution in [-0.4, -0.2) is 41.9 Å². The molecular weight excluding hydrogens is 416 g/mol. The molecule has 2 amide bonds. The van der Waals surface area contributed by atoms with E-state index in [-0.39, 0.29) is 28.5 Å². The van der Waals surface area contributed by atoms with Crippen LogP contribution in [0.25, 0.3) is 11.4 Å². The summed E-state index contributed by atoms with van der Waals surface area (Å²) in [5.74, 6) is -3.72. The summed E-state index contributed by atoms with van der Waals surface area (Å²) >= 11 is 0. The number of anilines is 1. The molecule has 11 nitrogen and oxygen atoms in total. The molecule has 0 atom stereocenters. The molecular formula is C15H10F4N8O3. The molecule has 0 aliphatic carbocycles. The molecule has 3 aromatic heterocycles. The number of carbonyl (C=O) groups excluding carboxylic acids is 2. The van der Waals surface area contributed by atoms with E-state index in [0.717, 1.165) is 10.7 Å². The van der Waals surface area contributed by atoms with Crippen LogP contribution < -0.4 is 15.8 Å². The summed E-state index contributed by atoms with van der Waals surface area (Å²) in [4.78, 5) is 32.8. The number of carbonyl (C=O) groups is 2. The van der Waals surface area contributed by atoms with Crippen LogP contribution in [0.2, 0.25) is 0 Å². The van der Waals surface area contributed by atoms with Crippen LogP contribution in [0.15, 0.2) is 24.5 Å². The smallest absolute Gasteiger partial charge is 0.389 e. The molecule has 0 bridgehead atoms. The molecule has 0 spiro atoms. The van der Waals surface area contributed by atoms with E-state index in [1.165, 1.54) is 13.1 Å². The molecule has 0 radical (unpaired) electrons. The van der Waals surface area contributed by atoms with E-state index in [1.807, 2.05) is 0 Å². The Labute approximate surface area is 163 Å². The number of pyridine rings is 1. The first kappa shape index (κ1) is 20.6. The summed E-state index contributed by atoms with van der Waals surface area (Å²) < 4.78 is 57.6. The van der Waals surface area contributed by atoms with Crippen LogP contribution in [-0.2, 0) is 13.2 Å². The second kappa shape index (κ2) is 7.69. The predicted molar refractivity (Wildman–Crippen MR) is 89.4 cm³/mol. The van der Waals surface area contributed by atoms with Gasteiger partial charge in [-0.05, 0) is 12.1 Å². The Kier molecular flexibility index (Phi) is 5.27. The zero-order valence-corrected chi connectivity index (χ0v) is 14.8. The van der Waals surface area contributed by atoms with Gasteiger partial charge in [0.2, 0.25) is 11.8 Å². The number of nitrogens with two attached hydrogens (primary N) is 1. The van der Waals surface area contributed by atoms with Crippen LogP contribution in [0.5, 0.6) is 5.88 Å². The first-order valence-electron chi connectivity index (χ1n) is 7.80. The summed E-state index contributed by atoms with van der Waals surface area (Å²) in [5, 5.41) is 9.45. The molecule has 0 aromatic carbocycles. The molecule has 0 saturated heterocycles. The van der Waals surface area contributed by atoms with Gasteiger partial charge in [0.25, 0.3) is 11.8 Å². The molecule has 3 N–H and O–H groups in total. The van der Waals surface area contributed by atoms with Crippen molar-refractivity contribution in [1.82, 2.24) is 29.9 Å². The Bertz CT molecular complexity index is 1110. The van der Waals surface area contributed by atoms with E-state index in [0.29, 0.717) is 12.4 Å². The van der Waals surface area contributed by atoms with Gasteiger partial charge in [-0.15, -0.1) is 5.10 Å². The molecule has 0 aliphatic heterocycles. The highest BCUT2D eigenvalue weighted by Crippen LogP contribution is 2.28. The van der Waals surface area contributed by atoms with Gasteiger partial charge in [-0.3, -0.25) is 4.79 Å². The topological polar surface area (TPSA) is 151 Å². The van der Waals surface area contributed by atoms with Crippen molar-refractivity contribution in [2.24, 2.45) is 12.8 Å². The Hall–Kier alpha value is -4.17. The lowest BCUT2D eigenvalue weighted by Gasteiger charge is -2.08. The van der Waals surface area contributed by atoms with Crippen LogP contribution >= 0.6 is 0 Å². The molecule has 3 aromatic rings. The van der Waals surface area contributed by atoms with Gasteiger partial charge >= 0.3 is 12.3 Å². The third kappa shape index (κ3) is 4.29. The number of hydrogen-bond donors (Lipinski definition) is 2. The summed E-state index contributed by atoms with van der Waals surface area (Å²) in [6, 6.07) is 2.35. The standard InChI is InChI=1S/C15H10F4N8O3/c1-27-12(30-14(20)29)9(25-26-27)7-2-3-8(10(16)23-7)24-11(28)6-4-21-13(22-5-6)15(17,18)19/h2-5H,1H3,(H2,20,29)(H,24,28). The number of nitrogens with zero attached hydrogens (tertiary/aromatic N) is 6. The molecule has 156 valence electrons. The normalized spacial score (nSPS) is 11.2. The third-order valence-electron chi connectivity index (χ3n) is 3.48. The summed E-state index contributed by atoms with van der Waals surface area (Å²) in [7, 11) is 1.39. The number of rotatable bonds is 4. The third-order valence-corrected chi connectivity index (χ3v) is 3.48. The molecule has 0 unspecified atom stereocenters. The van der Waals surface area contributed by atoms with Crippen LogP contribution in [0.3, 0.4) is 0 Å². The van der Waals surface area contributed by atoms with E-state index >= 15 is 0 Å². The number of aryl methyl sites for hydroxylation is 1. The summed E-state index contributed by atoms with van der Waals surface area (Å²) in [6.45, 7) is 0. The van der Waals surface area contributed by atoms with Crippen molar-refractivity contribution in [3.63, 3.8) is 0 Å². The molecule has 3 rings (SSSR count). The van der Waals surface area contributed by atoms with Crippen LogP contribution in [0.1, 0.15) is 16.2 Å². The number of ether oxygens (including phenoxy) is 1. The molecule has 30 heavy (non-hydrogen) atoms. The van der Waals surface area contributed by atoms with E-state index in [9.17, 15) is 27.2 Å². The Morgan fingerprint density at radius 3 is 2.43 bits per heavy atom. The van der Waals surface area contributed by atoms with Gasteiger partial charge < -0.3 is 15.8 Å². The van der Waals surface area contributed by atoms with Crippen molar-refractivity contribution in [2.45, 2.75) is 6.18 Å². The highest BCUT2D eigenvalue weighted by molar-refractivity contribution is 6.03. The zero-order chi connectivity index (χ0) is 22.1. The van der Waals surface area contributed by atoms with Crippen LogP contribution in [0, 0.1) is 5.95 Å². The summed E-state index contributed by atoms with van der Waals surface area (Å²) in [6.07, 6.45) is -4.61. The lowest BCUT2D eigenvalue weighted by molar-refractivity contribution is -0.145. The van der Waals surface area contributed by atoms with Crippen molar-refractivity contribution >= 4 is 17.7 Å². The fourth-order valence-electron chi connectivity index (χ4n) is 2.16. The minimum atomic E-state index is -4.77. The number of halogens is 4. The number of hydrogen-bond acceptors (Lipinski definition) is 8. The van der Waals surface area contributed by atoms with E-state index in [1.54, 1.807) is 0 Å². The van der Waals surface area contributed by atoms with Crippen molar-refractivity contribution < 1.29 is 31.9 Å². The molecule has 0 fully saturated rings. The maximum atomic E-state index is 14.3. The SMILES string of the molecule is Cn1nnc(-c2ccc(NC(=O)c3cnc(C(F)(F)F)nc3)c(F)n2)c1OC(N)=O. The fraction of sp³-hybridized carbons (Fsp3) is 0.133. The number of aromatic nitrogens is 6. The van der Waals surface area contributed by atoms with Crippen molar-refractivity contribution in [2.75, 3.05) is 5.32 Å².